The predicted octanol–water partition coefficient (Wildman–Crippen LogP) is 2.84. The molecule has 5 rings (SSSR count). The van der Waals surface area contributed by atoms with Gasteiger partial charge < -0.3 is 19.4 Å². The Morgan fingerprint density at radius 1 is 1.00 bits per heavy atom. The van der Waals surface area contributed by atoms with Crippen LogP contribution in [0.5, 0.6) is 17.2 Å². The number of benzene rings is 3. The number of aryl methyl sites for hydroxylation is 1. The third kappa shape index (κ3) is 6.33. The Labute approximate surface area is 238 Å². The number of halogens is 1. The molecule has 7 heteroatoms. The Morgan fingerprint density at radius 3 is 2.39 bits per heavy atom. The SMILES string of the molecule is O=C(CCCc1ccc(C2CC2)cc1)c1ccc(Oc2cc3c(cc2Cl)C(C(=O)[O-])CCO3)cc1.[Na+]. The van der Waals surface area contributed by atoms with Crippen LogP contribution in [0.2, 0.25) is 5.02 Å². The number of ether oxygens (including phenoxy) is 2. The standard InChI is InChI=1S/C29H27ClO5.Na/c30-25-16-24-23(29(32)33)14-15-34-27(24)17-28(25)35-22-12-10-21(11-13-22)26(31)3-1-2-18-4-6-19(7-5-18)20-8-9-20;/h4-7,10-13,16-17,20,23H,1-3,8-9,14-15H2,(H,32,33);/q;+1/p-1. The predicted molar refractivity (Wildman–Crippen MR) is 132 cm³/mol. The van der Waals surface area contributed by atoms with Gasteiger partial charge in [0.25, 0.3) is 0 Å². The Morgan fingerprint density at radius 2 is 1.72 bits per heavy atom. The van der Waals surface area contributed by atoms with Gasteiger partial charge in [0.2, 0.25) is 0 Å². The zero-order valence-corrected chi connectivity index (χ0v) is 23.1. The van der Waals surface area contributed by atoms with Gasteiger partial charge in [-0.3, -0.25) is 4.79 Å². The van der Waals surface area contributed by atoms with Crippen LogP contribution in [0.4, 0.5) is 0 Å². The normalized spacial score (nSPS) is 16.3. The molecule has 5 nitrogen and oxygen atoms in total. The Balaban J connectivity index is 0.00000304. The van der Waals surface area contributed by atoms with Crippen LogP contribution >= 0.6 is 11.6 Å². The van der Waals surface area contributed by atoms with E-state index in [0.29, 0.717) is 41.2 Å². The van der Waals surface area contributed by atoms with Crippen LogP contribution in [0.1, 0.15) is 71.0 Å². The van der Waals surface area contributed by atoms with E-state index < -0.39 is 11.9 Å². The van der Waals surface area contributed by atoms with Gasteiger partial charge in [-0.15, -0.1) is 0 Å². The van der Waals surface area contributed by atoms with Gasteiger partial charge in [0.05, 0.1) is 11.6 Å². The summed E-state index contributed by atoms with van der Waals surface area (Å²) < 4.78 is 11.5. The molecule has 36 heavy (non-hydrogen) atoms. The smallest absolute Gasteiger partial charge is 0.549 e. The minimum absolute atomic E-state index is 0. The van der Waals surface area contributed by atoms with Crippen molar-refractivity contribution in [2.75, 3.05) is 6.61 Å². The third-order valence-electron chi connectivity index (χ3n) is 6.69. The van der Waals surface area contributed by atoms with Crippen LogP contribution in [-0.4, -0.2) is 18.4 Å². The number of carbonyl (C=O) groups is 2. The summed E-state index contributed by atoms with van der Waals surface area (Å²) in [5.41, 5.74) is 3.83. The second-order valence-corrected chi connectivity index (χ2v) is 9.66. The molecule has 1 fully saturated rings. The fourth-order valence-electron chi connectivity index (χ4n) is 4.52. The molecule has 0 spiro atoms. The first kappa shape index (κ1) is 26.7. The molecule has 0 saturated heterocycles. The number of ketones is 1. The molecule has 3 aromatic carbocycles. The molecule has 180 valence electrons. The molecule has 0 aromatic heterocycles. The molecule has 2 aliphatic rings. The molecule has 0 amide bonds. The second kappa shape index (κ2) is 11.8. The van der Waals surface area contributed by atoms with Crippen molar-refractivity contribution >= 4 is 23.4 Å². The Hall–Kier alpha value is -2.31. The zero-order valence-electron chi connectivity index (χ0n) is 20.3. The number of carbonyl (C=O) groups excluding carboxylic acids is 2. The maximum Gasteiger partial charge on any atom is 1.00 e. The summed E-state index contributed by atoms with van der Waals surface area (Å²) >= 11 is 6.35. The molecular formula is C29H26ClNaO5. The molecule has 1 unspecified atom stereocenters. The zero-order chi connectivity index (χ0) is 24.4. The summed E-state index contributed by atoms with van der Waals surface area (Å²) in [6, 6.07) is 18.9. The van der Waals surface area contributed by atoms with E-state index in [4.69, 9.17) is 21.1 Å². The van der Waals surface area contributed by atoms with Gasteiger partial charge in [-0.05, 0) is 79.5 Å². The van der Waals surface area contributed by atoms with Crippen molar-refractivity contribution < 1.29 is 53.7 Å². The summed E-state index contributed by atoms with van der Waals surface area (Å²) in [5.74, 6) is 0.265. The number of fused-ring (bicyclic) bond motifs is 1. The van der Waals surface area contributed by atoms with E-state index in [2.05, 4.69) is 24.3 Å². The molecule has 1 atom stereocenters. The summed E-state index contributed by atoms with van der Waals surface area (Å²) in [7, 11) is 0. The number of carboxylic acid groups (broad SMARTS) is 1. The monoisotopic (exact) mass is 512 g/mol. The topological polar surface area (TPSA) is 75.7 Å². The summed E-state index contributed by atoms with van der Waals surface area (Å²) in [5, 5.41) is 11.7. The molecule has 1 aliphatic heterocycles. The largest absolute Gasteiger partial charge is 1.00 e. The molecule has 1 heterocycles. The fourth-order valence-corrected chi connectivity index (χ4v) is 4.73. The van der Waals surface area contributed by atoms with Gasteiger partial charge in [-0.25, -0.2) is 0 Å². The van der Waals surface area contributed by atoms with Crippen LogP contribution in [0.25, 0.3) is 0 Å². The summed E-state index contributed by atoms with van der Waals surface area (Å²) in [6.45, 7) is 0.287. The van der Waals surface area contributed by atoms with Crippen molar-refractivity contribution in [1.29, 1.82) is 0 Å². The molecule has 1 aliphatic carbocycles. The maximum atomic E-state index is 12.6. The van der Waals surface area contributed by atoms with E-state index >= 15 is 0 Å². The molecule has 3 aromatic rings. The first-order valence-electron chi connectivity index (χ1n) is 12.0. The maximum absolute atomic E-state index is 12.6. The second-order valence-electron chi connectivity index (χ2n) is 9.25. The van der Waals surface area contributed by atoms with E-state index in [9.17, 15) is 14.7 Å². The molecule has 1 saturated carbocycles. The van der Waals surface area contributed by atoms with Crippen LogP contribution in [0.3, 0.4) is 0 Å². The van der Waals surface area contributed by atoms with E-state index in [0.717, 1.165) is 18.8 Å². The van der Waals surface area contributed by atoms with Crippen molar-refractivity contribution in [3.8, 4) is 17.2 Å². The number of hydrogen-bond donors (Lipinski definition) is 0. The van der Waals surface area contributed by atoms with Crippen LogP contribution in [-0.2, 0) is 11.2 Å². The van der Waals surface area contributed by atoms with Gasteiger partial charge in [0, 0.05) is 35.5 Å². The van der Waals surface area contributed by atoms with Gasteiger partial charge in [-0.1, -0.05) is 35.9 Å². The van der Waals surface area contributed by atoms with Crippen molar-refractivity contribution in [1.82, 2.24) is 0 Å². The van der Waals surface area contributed by atoms with Gasteiger partial charge in [-0.2, -0.15) is 0 Å². The first-order chi connectivity index (χ1) is 17.0. The minimum Gasteiger partial charge on any atom is -0.549 e. The van der Waals surface area contributed by atoms with Gasteiger partial charge >= 0.3 is 29.6 Å². The number of Topliss-reactive ketones (excluding diaryl/α,β-unsaturated/α-hetero) is 1. The van der Waals surface area contributed by atoms with E-state index in [-0.39, 0.29) is 47.0 Å². The van der Waals surface area contributed by atoms with Crippen LogP contribution in [0, 0.1) is 0 Å². The first-order valence-corrected chi connectivity index (χ1v) is 12.4. The van der Waals surface area contributed by atoms with Crippen molar-refractivity contribution in [3.05, 3.63) is 87.9 Å². The van der Waals surface area contributed by atoms with Crippen molar-refractivity contribution in [2.45, 2.75) is 50.4 Å². The molecule has 0 radical (unpaired) electrons. The molecule has 0 N–H and O–H groups in total. The Bertz CT molecular complexity index is 1240. The third-order valence-corrected chi connectivity index (χ3v) is 6.99. The van der Waals surface area contributed by atoms with Gasteiger partial charge in [0.1, 0.15) is 17.2 Å². The number of carboxylic acids is 1. The number of rotatable bonds is 9. The molecule has 0 bridgehead atoms. The van der Waals surface area contributed by atoms with E-state index in [1.165, 1.54) is 24.0 Å². The average Bonchev–Trinajstić information content (AvgIpc) is 3.70. The summed E-state index contributed by atoms with van der Waals surface area (Å²) in [6.07, 6.45) is 5.12. The van der Waals surface area contributed by atoms with Crippen molar-refractivity contribution in [3.63, 3.8) is 0 Å². The van der Waals surface area contributed by atoms with Crippen LogP contribution in [0.15, 0.2) is 60.7 Å². The number of hydrogen-bond acceptors (Lipinski definition) is 5. The van der Waals surface area contributed by atoms with Crippen LogP contribution < -0.4 is 44.1 Å². The summed E-state index contributed by atoms with van der Waals surface area (Å²) in [4.78, 5) is 24.0. The number of aliphatic carboxylic acids is 1. The quantitative estimate of drug-likeness (QED) is 0.325. The minimum atomic E-state index is -1.15. The van der Waals surface area contributed by atoms with E-state index in [1.807, 2.05) is 0 Å². The van der Waals surface area contributed by atoms with E-state index in [1.54, 1.807) is 36.4 Å². The molecular weight excluding hydrogens is 487 g/mol. The fraction of sp³-hybridized carbons (Fsp3) is 0.310. The Kier molecular flexibility index (Phi) is 8.78. The average molecular weight is 513 g/mol. The van der Waals surface area contributed by atoms with Gasteiger partial charge in [0.15, 0.2) is 5.78 Å². The van der Waals surface area contributed by atoms with Crippen molar-refractivity contribution in [2.24, 2.45) is 0 Å².